The van der Waals surface area contributed by atoms with Gasteiger partial charge in [0.25, 0.3) is 5.91 Å². The van der Waals surface area contributed by atoms with Crippen LogP contribution < -0.4 is 0 Å². The van der Waals surface area contributed by atoms with Crippen LogP contribution in [0.4, 0.5) is 0 Å². The largest absolute Gasteiger partial charge is 0.339 e. The second-order valence-electron chi connectivity index (χ2n) is 7.53. The van der Waals surface area contributed by atoms with Gasteiger partial charge >= 0.3 is 0 Å². The van der Waals surface area contributed by atoms with Crippen LogP contribution in [0.15, 0.2) is 30.6 Å². The molecule has 0 N–H and O–H groups in total. The van der Waals surface area contributed by atoms with Gasteiger partial charge in [0.05, 0.1) is 0 Å². The Bertz CT molecular complexity index is 710. The summed E-state index contributed by atoms with van der Waals surface area (Å²) in [6.07, 6.45) is 3.70. The van der Waals surface area contributed by atoms with Crippen LogP contribution in [0.1, 0.15) is 80.2 Å². The number of amides is 1. The molecular formula is C20H28N4O. The molecule has 1 aromatic heterocycles. The summed E-state index contributed by atoms with van der Waals surface area (Å²) >= 11 is 0. The Morgan fingerprint density at radius 2 is 1.72 bits per heavy atom. The molecule has 0 spiro atoms. The third-order valence-electron chi connectivity index (χ3n) is 5.13. The molecule has 0 atom stereocenters. The van der Waals surface area contributed by atoms with E-state index in [1.165, 1.54) is 5.56 Å². The van der Waals surface area contributed by atoms with Gasteiger partial charge in [-0.3, -0.25) is 4.79 Å². The Hall–Kier alpha value is -2.17. The molecule has 134 valence electrons. The maximum absolute atomic E-state index is 12.7. The van der Waals surface area contributed by atoms with Crippen LogP contribution >= 0.6 is 0 Å². The molecule has 1 amide bonds. The monoisotopic (exact) mass is 340 g/mol. The van der Waals surface area contributed by atoms with Crippen molar-refractivity contribution in [3.63, 3.8) is 0 Å². The molecule has 1 aromatic carbocycles. The molecule has 1 aliphatic rings. The molecule has 1 saturated heterocycles. The van der Waals surface area contributed by atoms with Gasteiger partial charge in [-0.15, -0.1) is 10.2 Å². The Balaban J connectivity index is 1.63. The van der Waals surface area contributed by atoms with E-state index in [0.717, 1.165) is 37.3 Å². The number of likely N-dealkylation sites (tertiary alicyclic amines) is 1. The molecule has 1 aliphatic heterocycles. The summed E-state index contributed by atoms with van der Waals surface area (Å²) in [7, 11) is 0. The maximum atomic E-state index is 12.7. The van der Waals surface area contributed by atoms with E-state index in [1.807, 2.05) is 23.4 Å². The minimum atomic E-state index is 0.138. The molecule has 5 nitrogen and oxygen atoms in total. The normalized spacial score (nSPS) is 16.0. The Kier molecular flexibility index (Phi) is 5.21. The Morgan fingerprint density at radius 3 is 2.28 bits per heavy atom. The fourth-order valence-electron chi connectivity index (χ4n) is 3.48. The lowest BCUT2D eigenvalue weighted by molar-refractivity contribution is 0.0710. The second-order valence-corrected chi connectivity index (χ2v) is 7.53. The van der Waals surface area contributed by atoms with Gasteiger partial charge in [0, 0.05) is 30.6 Å². The van der Waals surface area contributed by atoms with E-state index in [0.29, 0.717) is 17.9 Å². The summed E-state index contributed by atoms with van der Waals surface area (Å²) in [5.41, 5.74) is 2.05. The summed E-state index contributed by atoms with van der Waals surface area (Å²) in [5.74, 6) is 2.07. The molecule has 2 aromatic rings. The van der Waals surface area contributed by atoms with Crippen molar-refractivity contribution in [3.8, 4) is 0 Å². The average Bonchev–Trinajstić information content (AvgIpc) is 3.11. The second kappa shape index (κ2) is 7.38. The molecule has 5 heteroatoms. The summed E-state index contributed by atoms with van der Waals surface area (Å²) in [4.78, 5) is 14.7. The highest BCUT2D eigenvalue weighted by Gasteiger charge is 2.27. The SMILES string of the molecule is CC(C)c1ccc(C(=O)N2CCC(c3nncn3C(C)C)CC2)cc1. The standard InChI is InChI=1S/C20H28N4O/c1-14(2)16-5-7-18(8-6-16)20(25)23-11-9-17(10-12-23)19-22-21-13-24(19)15(3)4/h5-8,13-15,17H,9-12H2,1-4H3. The smallest absolute Gasteiger partial charge is 0.253 e. The van der Waals surface area contributed by atoms with Gasteiger partial charge in [0.15, 0.2) is 0 Å². The van der Waals surface area contributed by atoms with E-state index >= 15 is 0 Å². The number of carbonyl (C=O) groups excluding carboxylic acids is 1. The van der Waals surface area contributed by atoms with E-state index in [1.54, 1.807) is 0 Å². The van der Waals surface area contributed by atoms with Crippen LogP contribution in [0.5, 0.6) is 0 Å². The average molecular weight is 340 g/mol. The highest BCUT2D eigenvalue weighted by atomic mass is 16.2. The minimum Gasteiger partial charge on any atom is -0.339 e. The van der Waals surface area contributed by atoms with Gasteiger partial charge in [0.1, 0.15) is 12.2 Å². The molecule has 2 heterocycles. The van der Waals surface area contributed by atoms with Crippen molar-refractivity contribution >= 4 is 5.91 Å². The number of hydrogen-bond donors (Lipinski definition) is 0. The number of piperidine rings is 1. The van der Waals surface area contributed by atoms with Gasteiger partial charge in [-0.25, -0.2) is 0 Å². The van der Waals surface area contributed by atoms with Crippen LogP contribution in [0.2, 0.25) is 0 Å². The van der Waals surface area contributed by atoms with E-state index in [9.17, 15) is 4.79 Å². The van der Waals surface area contributed by atoms with Crippen molar-refractivity contribution in [3.05, 3.63) is 47.5 Å². The first-order valence-electron chi connectivity index (χ1n) is 9.26. The summed E-state index contributed by atoms with van der Waals surface area (Å²) in [6.45, 7) is 10.2. The van der Waals surface area contributed by atoms with Crippen LogP contribution in [0.25, 0.3) is 0 Å². The lowest BCUT2D eigenvalue weighted by atomic mass is 9.95. The van der Waals surface area contributed by atoms with Gasteiger partial charge < -0.3 is 9.47 Å². The van der Waals surface area contributed by atoms with Gasteiger partial charge in [-0.05, 0) is 50.3 Å². The molecule has 0 saturated carbocycles. The number of aromatic nitrogens is 3. The molecule has 0 aliphatic carbocycles. The van der Waals surface area contributed by atoms with Crippen LogP contribution in [0.3, 0.4) is 0 Å². The quantitative estimate of drug-likeness (QED) is 0.845. The Morgan fingerprint density at radius 1 is 1.08 bits per heavy atom. The van der Waals surface area contributed by atoms with Crippen molar-refractivity contribution in [2.45, 2.75) is 58.4 Å². The van der Waals surface area contributed by atoms with E-state index in [4.69, 9.17) is 0 Å². The molecular weight excluding hydrogens is 312 g/mol. The lowest BCUT2D eigenvalue weighted by Crippen LogP contribution is -2.38. The van der Waals surface area contributed by atoms with Crippen molar-refractivity contribution < 1.29 is 4.79 Å². The van der Waals surface area contributed by atoms with Crippen LogP contribution in [0, 0.1) is 0 Å². The van der Waals surface area contributed by atoms with Crippen molar-refractivity contribution in [1.82, 2.24) is 19.7 Å². The first-order valence-corrected chi connectivity index (χ1v) is 9.26. The zero-order valence-electron chi connectivity index (χ0n) is 15.6. The highest BCUT2D eigenvalue weighted by Crippen LogP contribution is 2.28. The topological polar surface area (TPSA) is 51.0 Å². The Labute approximate surface area is 150 Å². The molecule has 3 rings (SSSR count). The summed E-state index contributed by atoms with van der Waals surface area (Å²) < 4.78 is 2.15. The molecule has 0 bridgehead atoms. The number of benzene rings is 1. The number of carbonyl (C=O) groups is 1. The zero-order valence-corrected chi connectivity index (χ0v) is 15.6. The maximum Gasteiger partial charge on any atom is 0.253 e. The highest BCUT2D eigenvalue weighted by molar-refractivity contribution is 5.94. The molecule has 25 heavy (non-hydrogen) atoms. The van der Waals surface area contributed by atoms with Crippen molar-refractivity contribution in [2.24, 2.45) is 0 Å². The molecule has 0 unspecified atom stereocenters. The van der Waals surface area contributed by atoms with Crippen LogP contribution in [-0.4, -0.2) is 38.7 Å². The summed E-state index contributed by atoms with van der Waals surface area (Å²) in [5, 5.41) is 8.40. The lowest BCUT2D eigenvalue weighted by Gasteiger charge is -2.32. The third kappa shape index (κ3) is 3.75. The zero-order chi connectivity index (χ0) is 18.0. The number of rotatable bonds is 4. The predicted octanol–water partition coefficient (Wildman–Crippen LogP) is 4.00. The third-order valence-corrected chi connectivity index (χ3v) is 5.13. The fraction of sp³-hybridized carbons (Fsp3) is 0.550. The summed E-state index contributed by atoms with van der Waals surface area (Å²) in [6, 6.07) is 8.41. The molecule has 0 radical (unpaired) electrons. The number of nitrogens with zero attached hydrogens (tertiary/aromatic N) is 4. The first-order chi connectivity index (χ1) is 12.0. The molecule has 1 fully saturated rings. The minimum absolute atomic E-state index is 0.138. The predicted molar refractivity (Wildman–Crippen MR) is 98.8 cm³/mol. The van der Waals surface area contributed by atoms with E-state index in [-0.39, 0.29) is 5.91 Å². The van der Waals surface area contributed by atoms with E-state index < -0.39 is 0 Å². The van der Waals surface area contributed by atoms with Crippen molar-refractivity contribution in [2.75, 3.05) is 13.1 Å². The van der Waals surface area contributed by atoms with Crippen LogP contribution in [-0.2, 0) is 0 Å². The first kappa shape index (κ1) is 17.6. The van der Waals surface area contributed by atoms with E-state index in [2.05, 4.69) is 54.6 Å². The van der Waals surface area contributed by atoms with Gasteiger partial charge in [0.2, 0.25) is 0 Å². The fourth-order valence-corrected chi connectivity index (χ4v) is 3.48. The van der Waals surface area contributed by atoms with Crippen molar-refractivity contribution in [1.29, 1.82) is 0 Å². The van der Waals surface area contributed by atoms with Gasteiger partial charge in [-0.1, -0.05) is 26.0 Å². The van der Waals surface area contributed by atoms with Gasteiger partial charge in [-0.2, -0.15) is 0 Å². The number of hydrogen-bond acceptors (Lipinski definition) is 3.